The number of sulfonamides is 1. The highest BCUT2D eigenvalue weighted by atomic mass is 32.2. The van der Waals surface area contributed by atoms with Crippen molar-refractivity contribution >= 4 is 31.8 Å². The molecule has 2 aliphatic rings. The van der Waals surface area contributed by atoms with E-state index in [0.717, 1.165) is 47.5 Å². The zero-order chi connectivity index (χ0) is 21.3. The first-order valence-electron chi connectivity index (χ1n) is 11.7. The van der Waals surface area contributed by atoms with Gasteiger partial charge in [-0.3, -0.25) is 0 Å². The molecule has 2 N–H and O–H groups in total. The monoisotopic (exact) mass is 441 g/mol. The number of pyridine rings is 1. The van der Waals surface area contributed by atoms with Crippen LogP contribution in [0.2, 0.25) is 0 Å². The van der Waals surface area contributed by atoms with Gasteiger partial charge in [0.25, 0.3) is 0 Å². The van der Waals surface area contributed by atoms with E-state index in [9.17, 15) is 8.42 Å². The number of aromatic nitrogens is 2. The highest BCUT2D eigenvalue weighted by Crippen LogP contribution is 2.30. The van der Waals surface area contributed by atoms with Crippen molar-refractivity contribution in [2.75, 3.05) is 6.61 Å². The van der Waals surface area contributed by atoms with Gasteiger partial charge in [-0.1, -0.05) is 38.5 Å². The van der Waals surface area contributed by atoms with Crippen LogP contribution in [0.4, 0.5) is 0 Å². The van der Waals surface area contributed by atoms with E-state index in [4.69, 9.17) is 4.74 Å². The Labute approximate surface area is 183 Å². The van der Waals surface area contributed by atoms with Crippen LogP contribution in [0.5, 0.6) is 5.88 Å². The van der Waals surface area contributed by atoms with E-state index < -0.39 is 10.0 Å². The molecule has 6 nitrogen and oxygen atoms in total. The number of ether oxygens (including phenoxy) is 1. The maximum absolute atomic E-state index is 13.0. The number of nitrogens with zero attached hydrogens (tertiary/aromatic N) is 1. The Morgan fingerprint density at radius 2 is 1.65 bits per heavy atom. The van der Waals surface area contributed by atoms with Gasteiger partial charge in [0.2, 0.25) is 15.9 Å². The van der Waals surface area contributed by atoms with Crippen molar-refractivity contribution in [3.05, 3.63) is 30.5 Å². The van der Waals surface area contributed by atoms with Gasteiger partial charge in [-0.05, 0) is 49.8 Å². The highest BCUT2D eigenvalue weighted by Gasteiger charge is 2.22. The maximum atomic E-state index is 13.0. The van der Waals surface area contributed by atoms with Crippen molar-refractivity contribution in [3.63, 3.8) is 0 Å². The number of nitrogens with one attached hydrogen (secondary N) is 2. The number of fused-ring (bicyclic) bond motifs is 3. The SMILES string of the molecule is O=S(=O)(NC1CCCCC1)c1ccc2[nH]c3cnc(OCC4CCCCC4)cc3c2c1. The second-order valence-electron chi connectivity index (χ2n) is 9.17. The van der Waals surface area contributed by atoms with E-state index in [1.165, 1.54) is 38.5 Å². The third-order valence-electron chi connectivity index (χ3n) is 6.86. The van der Waals surface area contributed by atoms with E-state index in [1.807, 2.05) is 12.1 Å². The Morgan fingerprint density at radius 1 is 0.935 bits per heavy atom. The molecule has 1 aromatic carbocycles. The van der Waals surface area contributed by atoms with Crippen LogP contribution < -0.4 is 9.46 Å². The molecule has 0 saturated heterocycles. The molecule has 0 spiro atoms. The number of hydrogen-bond donors (Lipinski definition) is 2. The van der Waals surface area contributed by atoms with Crippen LogP contribution in [-0.2, 0) is 10.0 Å². The first-order chi connectivity index (χ1) is 15.1. The molecular formula is C24H31N3O3S. The lowest BCUT2D eigenvalue weighted by Gasteiger charge is -2.22. The van der Waals surface area contributed by atoms with Gasteiger partial charge in [0.1, 0.15) is 0 Å². The molecule has 5 rings (SSSR count). The lowest BCUT2D eigenvalue weighted by Crippen LogP contribution is -2.36. The number of benzene rings is 1. The molecule has 2 aliphatic carbocycles. The topological polar surface area (TPSA) is 84.1 Å². The molecule has 2 saturated carbocycles. The van der Waals surface area contributed by atoms with Crippen LogP contribution in [-0.4, -0.2) is 31.0 Å². The summed E-state index contributed by atoms with van der Waals surface area (Å²) in [5, 5.41) is 1.82. The van der Waals surface area contributed by atoms with Crippen LogP contribution in [0, 0.1) is 5.92 Å². The highest BCUT2D eigenvalue weighted by molar-refractivity contribution is 7.89. The minimum absolute atomic E-state index is 0.0430. The summed E-state index contributed by atoms with van der Waals surface area (Å²) >= 11 is 0. The van der Waals surface area contributed by atoms with E-state index in [0.29, 0.717) is 23.3 Å². The van der Waals surface area contributed by atoms with E-state index >= 15 is 0 Å². The predicted molar refractivity (Wildman–Crippen MR) is 123 cm³/mol. The summed E-state index contributed by atoms with van der Waals surface area (Å²) in [4.78, 5) is 8.10. The summed E-state index contributed by atoms with van der Waals surface area (Å²) in [6.45, 7) is 0.700. The fraction of sp³-hybridized carbons (Fsp3) is 0.542. The molecule has 3 aromatic rings. The molecule has 0 aliphatic heterocycles. The molecule has 2 fully saturated rings. The van der Waals surface area contributed by atoms with Crippen LogP contribution >= 0.6 is 0 Å². The molecule has 2 aromatic heterocycles. The van der Waals surface area contributed by atoms with Gasteiger partial charge in [0.05, 0.1) is 23.2 Å². The Morgan fingerprint density at radius 3 is 2.42 bits per heavy atom. The van der Waals surface area contributed by atoms with Gasteiger partial charge in [0.15, 0.2) is 0 Å². The fourth-order valence-corrected chi connectivity index (χ4v) is 6.40. The summed E-state index contributed by atoms with van der Waals surface area (Å²) in [5.74, 6) is 1.21. The molecule has 7 heteroatoms. The van der Waals surface area contributed by atoms with Crippen molar-refractivity contribution < 1.29 is 13.2 Å². The molecule has 0 atom stereocenters. The number of hydrogen-bond acceptors (Lipinski definition) is 4. The number of H-pyrrole nitrogens is 1. The first kappa shape index (κ1) is 20.8. The average Bonchev–Trinajstić information content (AvgIpc) is 3.16. The van der Waals surface area contributed by atoms with Crippen molar-refractivity contribution in [2.45, 2.75) is 75.1 Å². The normalized spacial score (nSPS) is 19.2. The first-order valence-corrected chi connectivity index (χ1v) is 13.1. The fourth-order valence-electron chi connectivity index (χ4n) is 5.07. The largest absolute Gasteiger partial charge is 0.477 e. The Bertz CT molecular complexity index is 1160. The molecule has 166 valence electrons. The molecule has 0 radical (unpaired) electrons. The Hall–Kier alpha value is -2.12. The van der Waals surface area contributed by atoms with Crippen LogP contribution in [0.3, 0.4) is 0 Å². The standard InChI is InChI=1S/C24H31N3O3S/c28-31(29,27-18-9-5-2-6-10-18)19-11-12-22-20(13-19)21-14-24(25-15-23(21)26-22)30-16-17-7-3-1-4-8-17/h11-15,17-18,26-27H,1-10,16H2. The van der Waals surface area contributed by atoms with Gasteiger partial charge in [-0.15, -0.1) is 0 Å². The molecule has 31 heavy (non-hydrogen) atoms. The lowest BCUT2D eigenvalue weighted by molar-refractivity contribution is 0.203. The molecule has 0 bridgehead atoms. The lowest BCUT2D eigenvalue weighted by atomic mass is 9.90. The van der Waals surface area contributed by atoms with Crippen molar-refractivity contribution in [1.29, 1.82) is 0 Å². The second kappa shape index (κ2) is 8.79. The minimum atomic E-state index is -3.54. The summed E-state index contributed by atoms with van der Waals surface area (Å²) in [6, 6.07) is 7.26. The molecular weight excluding hydrogens is 410 g/mol. The number of aromatic amines is 1. The molecule has 0 amide bonds. The van der Waals surface area contributed by atoms with Crippen molar-refractivity contribution in [2.24, 2.45) is 5.92 Å². The van der Waals surface area contributed by atoms with Gasteiger partial charge >= 0.3 is 0 Å². The van der Waals surface area contributed by atoms with Gasteiger partial charge < -0.3 is 9.72 Å². The average molecular weight is 442 g/mol. The maximum Gasteiger partial charge on any atom is 0.240 e. The summed E-state index contributed by atoms with van der Waals surface area (Å²) in [6.07, 6.45) is 13.3. The van der Waals surface area contributed by atoms with Gasteiger partial charge in [0, 0.05) is 28.4 Å². The van der Waals surface area contributed by atoms with E-state index in [2.05, 4.69) is 14.7 Å². The second-order valence-corrected chi connectivity index (χ2v) is 10.9. The third kappa shape index (κ3) is 4.58. The quantitative estimate of drug-likeness (QED) is 0.545. The Kier molecular flexibility index (Phi) is 5.89. The molecule has 0 unspecified atom stereocenters. The smallest absolute Gasteiger partial charge is 0.240 e. The van der Waals surface area contributed by atoms with Crippen LogP contribution in [0.25, 0.3) is 21.8 Å². The van der Waals surface area contributed by atoms with Crippen molar-refractivity contribution in [3.8, 4) is 5.88 Å². The summed E-state index contributed by atoms with van der Waals surface area (Å²) in [7, 11) is -3.54. The zero-order valence-corrected chi connectivity index (χ0v) is 18.7. The van der Waals surface area contributed by atoms with E-state index in [-0.39, 0.29) is 6.04 Å². The summed E-state index contributed by atoms with van der Waals surface area (Å²) in [5.41, 5.74) is 1.78. The third-order valence-corrected chi connectivity index (χ3v) is 8.38. The molecule has 2 heterocycles. The van der Waals surface area contributed by atoms with Crippen LogP contribution in [0.15, 0.2) is 35.4 Å². The van der Waals surface area contributed by atoms with Crippen LogP contribution in [0.1, 0.15) is 64.2 Å². The summed E-state index contributed by atoms with van der Waals surface area (Å²) < 4.78 is 34.9. The minimum Gasteiger partial charge on any atom is -0.477 e. The van der Waals surface area contributed by atoms with E-state index in [1.54, 1.807) is 18.3 Å². The van der Waals surface area contributed by atoms with Gasteiger partial charge in [-0.2, -0.15) is 0 Å². The number of rotatable bonds is 6. The zero-order valence-electron chi connectivity index (χ0n) is 17.9. The predicted octanol–water partition coefficient (Wildman–Crippen LogP) is 5.29. The van der Waals surface area contributed by atoms with Crippen molar-refractivity contribution in [1.82, 2.24) is 14.7 Å². The Balaban J connectivity index is 1.40. The van der Waals surface area contributed by atoms with Gasteiger partial charge in [-0.25, -0.2) is 18.1 Å².